The zero-order valence-corrected chi connectivity index (χ0v) is 70.1. The van der Waals surface area contributed by atoms with E-state index >= 15 is 0 Å². The second-order valence-electron chi connectivity index (χ2n) is 30.7. The third kappa shape index (κ3) is 79.4. The smallest absolute Gasteiger partial charge is 0.462 e. The van der Waals surface area contributed by atoms with Gasteiger partial charge in [-0.05, 0) is 57.3 Å². The normalized spacial score (nSPS) is 13.9. The Bertz CT molecular complexity index is 2090. The summed E-state index contributed by atoms with van der Waals surface area (Å²) in [7, 11) is -9.94. The van der Waals surface area contributed by atoms with Gasteiger partial charge in [0.1, 0.15) is 19.3 Å². The van der Waals surface area contributed by atoms with Crippen molar-refractivity contribution in [2.24, 2.45) is 5.92 Å². The summed E-state index contributed by atoms with van der Waals surface area (Å²) in [6.07, 6.45) is 74.3. The lowest BCUT2D eigenvalue weighted by molar-refractivity contribution is -0.161. The van der Waals surface area contributed by atoms with Crippen LogP contribution in [0.25, 0.3) is 0 Å². The molecular weight excluding hydrogens is 1370 g/mol. The number of hydrogen-bond donors (Lipinski definition) is 3. The molecule has 0 aliphatic carbocycles. The van der Waals surface area contributed by atoms with Crippen molar-refractivity contribution in [3.8, 4) is 0 Å². The molecule has 0 aromatic rings. The van der Waals surface area contributed by atoms with E-state index in [4.69, 9.17) is 37.0 Å². The van der Waals surface area contributed by atoms with Crippen molar-refractivity contribution in [1.29, 1.82) is 0 Å². The minimum atomic E-state index is -4.97. The molecule has 105 heavy (non-hydrogen) atoms. The predicted octanol–water partition coefficient (Wildman–Crippen LogP) is 25.9. The molecule has 0 aromatic carbocycles. The predicted molar refractivity (Wildman–Crippen MR) is 432 cm³/mol. The van der Waals surface area contributed by atoms with E-state index in [2.05, 4.69) is 58.9 Å². The lowest BCUT2D eigenvalue weighted by Gasteiger charge is -2.21. The number of ether oxygens (including phenoxy) is 4. The molecule has 0 spiro atoms. The standard InChI is InChI=1S/C86H164O17P2/c1-6-9-12-15-18-21-24-27-29-30-31-36-40-45-50-55-60-65-70-84(89)97-76-82(103-86(91)72-67-62-57-52-47-42-37-33-32-35-39-43-48-53-58-63-68-79(4)5)78-101-105(94,95)99-74-80(87)73-98-104(92,93)100-77-81(75-96-83(88)69-64-59-54-49-44-38-26-23-20-17-14-11-8-3)102-85(90)71-66-61-56-51-46-41-34-28-25-22-19-16-13-10-7-2/h22,25,28,34,79-82,87H,6-21,23-24,26-27,29-33,35-78H2,1-5H3,(H,92,93)(H,94,95)/b25-22-,34-28-/t80-,81+,82+/m0/s1. The molecule has 19 heteroatoms. The Kier molecular flexibility index (Phi) is 76.4. The van der Waals surface area contributed by atoms with Crippen LogP contribution in [0.2, 0.25) is 0 Å². The minimum absolute atomic E-state index is 0.0859. The van der Waals surface area contributed by atoms with Gasteiger partial charge in [-0.1, -0.05) is 386 Å². The highest BCUT2D eigenvalue weighted by molar-refractivity contribution is 7.47. The fraction of sp³-hybridized carbons (Fsp3) is 0.907. The average molecular weight is 1530 g/mol. The molecule has 0 aromatic heterocycles. The van der Waals surface area contributed by atoms with Gasteiger partial charge in [-0.2, -0.15) is 0 Å². The zero-order valence-electron chi connectivity index (χ0n) is 68.4. The van der Waals surface area contributed by atoms with Gasteiger partial charge in [-0.25, -0.2) is 9.13 Å². The second kappa shape index (κ2) is 78.2. The van der Waals surface area contributed by atoms with E-state index in [1.165, 1.54) is 250 Å². The van der Waals surface area contributed by atoms with Crippen molar-refractivity contribution in [1.82, 2.24) is 0 Å². The topological polar surface area (TPSA) is 237 Å². The van der Waals surface area contributed by atoms with Crippen LogP contribution in [0.4, 0.5) is 0 Å². The van der Waals surface area contributed by atoms with Gasteiger partial charge in [0.25, 0.3) is 0 Å². The highest BCUT2D eigenvalue weighted by Crippen LogP contribution is 2.45. The summed E-state index contributed by atoms with van der Waals surface area (Å²) in [6, 6.07) is 0. The maximum Gasteiger partial charge on any atom is 0.472 e. The van der Waals surface area contributed by atoms with E-state index in [1.54, 1.807) is 0 Å². The van der Waals surface area contributed by atoms with Crippen LogP contribution in [-0.2, 0) is 65.4 Å². The summed E-state index contributed by atoms with van der Waals surface area (Å²) < 4.78 is 68.9. The summed E-state index contributed by atoms with van der Waals surface area (Å²) in [4.78, 5) is 73.2. The third-order valence-electron chi connectivity index (χ3n) is 19.7. The Morgan fingerprint density at radius 3 is 0.781 bits per heavy atom. The van der Waals surface area contributed by atoms with Crippen LogP contribution < -0.4 is 0 Å². The Morgan fingerprint density at radius 2 is 0.514 bits per heavy atom. The molecule has 0 amide bonds. The van der Waals surface area contributed by atoms with Crippen LogP contribution in [0.5, 0.6) is 0 Å². The Hall–Kier alpha value is -2.46. The van der Waals surface area contributed by atoms with E-state index < -0.39 is 97.5 Å². The summed E-state index contributed by atoms with van der Waals surface area (Å²) in [5.41, 5.74) is 0. The van der Waals surface area contributed by atoms with Crippen LogP contribution >= 0.6 is 15.6 Å². The number of rotatable bonds is 84. The van der Waals surface area contributed by atoms with Gasteiger partial charge in [0.05, 0.1) is 26.4 Å². The van der Waals surface area contributed by atoms with E-state index in [9.17, 15) is 43.2 Å². The molecule has 0 bridgehead atoms. The van der Waals surface area contributed by atoms with E-state index in [0.29, 0.717) is 25.7 Å². The third-order valence-corrected chi connectivity index (χ3v) is 21.6. The summed E-state index contributed by atoms with van der Waals surface area (Å²) in [5.74, 6) is -1.32. The van der Waals surface area contributed by atoms with E-state index in [1.807, 2.05) is 0 Å². The molecular formula is C86H164O17P2. The van der Waals surface area contributed by atoms with Crippen molar-refractivity contribution in [2.75, 3.05) is 39.6 Å². The van der Waals surface area contributed by atoms with Crippen LogP contribution in [0.15, 0.2) is 24.3 Å². The molecule has 5 atom stereocenters. The van der Waals surface area contributed by atoms with Gasteiger partial charge in [0.15, 0.2) is 12.2 Å². The number of carbonyl (C=O) groups is 4. The first-order chi connectivity index (χ1) is 51.0. The molecule has 0 aliphatic heterocycles. The molecule has 0 radical (unpaired) electrons. The molecule has 0 aliphatic rings. The maximum absolute atomic E-state index is 13.1. The van der Waals surface area contributed by atoms with Gasteiger partial charge in [-0.3, -0.25) is 37.3 Å². The number of aliphatic hydroxyl groups is 1. The monoisotopic (exact) mass is 1530 g/mol. The van der Waals surface area contributed by atoms with Crippen molar-refractivity contribution in [3.63, 3.8) is 0 Å². The molecule has 0 saturated heterocycles. The Balaban J connectivity index is 5.29. The van der Waals surface area contributed by atoms with Crippen molar-refractivity contribution >= 4 is 39.5 Å². The number of hydrogen-bond acceptors (Lipinski definition) is 15. The maximum atomic E-state index is 13.1. The summed E-state index contributed by atoms with van der Waals surface area (Å²) >= 11 is 0. The number of carbonyl (C=O) groups excluding carboxylic acids is 4. The fourth-order valence-electron chi connectivity index (χ4n) is 12.9. The second-order valence-corrected chi connectivity index (χ2v) is 33.6. The molecule has 0 rings (SSSR count). The highest BCUT2D eigenvalue weighted by atomic mass is 31.2. The number of phosphoric ester groups is 2. The van der Waals surface area contributed by atoms with Gasteiger partial charge < -0.3 is 33.8 Å². The number of aliphatic hydroxyl groups excluding tert-OH is 1. The number of unbranched alkanes of at least 4 members (excludes halogenated alkanes) is 53. The minimum Gasteiger partial charge on any atom is -0.462 e. The van der Waals surface area contributed by atoms with Crippen LogP contribution in [0.3, 0.4) is 0 Å². The fourth-order valence-corrected chi connectivity index (χ4v) is 14.5. The van der Waals surface area contributed by atoms with E-state index in [0.717, 1.165) is 109 Å². The summed E-state index contributed by atoms with van der Waals surface area (Å²) in [5, 5.41) is 10.7. The first kappa shape index (κ1) is 103. The molecule has 0 fully saturated rings. The number of phosphoric acid groups is 2. The number of allylic oxidation sites excluding steroid dienone is 4. The quantitative estimate of drug-likeness (QED) is 0.0169. The van der Waals surface area contributed by atoms with E-state index in [-0.39, 0.29) is 25.7 Å². The zero-order chi connectivity index (χ0) is 76.9. The lowest BCUT2D eigenvalue weighted by atomic mass is 10.0. The van der Waals surface area contributed by atoms with Gasteiger partial charge in [0, 0.05) is 25.7 Å². The van der Waals surface area contributed by atoms with Crippen LogP contribution in [0, 0.1) is 5.92 Å². The molecule has 2 unspecified atom stereocenters. The summed E-state index contributed by atoms with van der Waals surface area (Å²) in [6.45, 7) is 7.33. The molecule has 620 valence electrons. The van der Waals surface area contributed by atoms with Crippen molar-refractivity contribution in [3.05, 3.63) is 24.3 Å². The van der Waals surface area contributed by atoms with Gasteiger partial charge in [0.2, 0.25) is 0 Å². The Labute approximate surface area is 643 Å². The van der Waals surface area contributed by atoms with Crippen molar-refractivity contribution < 1.29 is 80.2 Å². The first-order valence-corrected chi connectivity index (χ1v) is 46.9. The number of esters is 4. The highest BCUT2D eigenvalue weighted by Gasteiger charge is 2.30. The SMILES string of the molecule is CCCCCC/C=C\C=C/CCCCCCCC(=O)O[C@H](COC(=O)CCCCCCCCCCCCCCC)COP(=O)(O)OC[C@H](O)COP(=O)(O)OC[C@@H](COC(=O)CCCCCCCCCCCCCCCCCCCC)OC(=O)CCCCCCCCCCCCCCCCCCC(C)C. The van der Waals surface area contributed by atoms with Crippen LogP contribution in [0.1, 0.15) is 439 Å². The van der Waals surface area contributed by atoms with Gasteiger partial charge in [-0.15, -0.1) is 0 Å². The molecule has 3 N–H and O–H groups in total. The molecule has 0 heterocycles. The molecule has 0 saturated carbocycles. The van der Waals surface area contributed by atoms with Crippen molar-refractivity contribution in [2.45, 2.75) is 457 Å². The molecule has 17 nitrogen and oxygen atoms in total. The average Bonchev–Trinajstić information content (AvgIpc) is 0.946. The lowest BCUT2D eigenvalue weighted by Crippen LogP contribution is -2.30. The largest absolute Gasteiger partial charge is 0.472 e. The first-order valence-electron chi connectivity index (χ1n) is 44.0. The Morgan fingerprint density at radius 1 is 0.295 bits per heavy atom. The van der Waals surface area contributed by atoms with Gasteiger partial charge >= 0.3 is 39.5 Å². The van der Waals surface area contributed by atoms with Crippen LogP contribution in [-0.4, -0.2) is 96.7 Å².